The molecule has 0 bridgehead atoms. The summed E-state index contributed by atoms with van der Waals surface area (Å²) in [4.78, 5) is 0. The molecule has 1 aromatic rings. The van der Waals surface area contributed by atoms with Crippen molar-refractivity contribution >= 4 is 5.69 Å². The van der Waals surface area contributed by atoms with Gasteiger partial charge in [0, 0.05) is 11.7 Å². The third kappa shape index (κ3) is 5.61. The first kappa shape index (κ1) is 16.2. The summed E-state index contributed by atoms with van der Waals surface area (Å²) in [6.45, 7) is 6.43. The number of nitrogens with one attached hydrogen (secondary N) is 1. The lowest BCUT2D eigenvalue weighted by atomic mass is 9.95. The third-order valence-electron chi connectivity index (χ3n) is 4.38. The zero-order valence-electron chi connectivity index (χ0n) is 13.9. The standard InChI is InChI=1S/C19H31NO/c1-4-6-16-7-5-8-17(10-9-16)20-18-11-13-19(14-12-18)21-15(2)3/h11-17,20H,4-10H2,1-3H3. The van der Waals surface area contributed by atoms with Crippen LogP contribution in [0.15, 0.2) is 24.3 Å². The van der Waals surface area contributed by atoms with Crippen LogP contribution in [0.3, 0.4) is 0 Å². The zero-order valence-corrected chi connectivity index (χ0v) is 13.9. The van der Waals surface area contributed by atoms with Crippen molar-refractivity contribution in [3.8, 4) is 5.75 Å². The smallest absolute Gasteiger partial charge is 0.119 e. The summed E-state index contributed by atoms with van der Waals surface area (Å²) in [7, 11) is 0. The normalized spacial score (nSPS) is 22.9. The van der Waals surface area contributed by atoms with E-state index in [1.807, 2.05) is 0 Å². The van der Waals surface area contributed by atoms with Crippen LogP contribution in [0.1, 0.15) is 65.7 Å². The van der Waals surface area contributed by atoms with Crippen LogP contribution in [0.4, 0.5) is 5.69 Å². The molecule has 1 N–H and O–H groups in total. The van der Waals surface area contributed by atoms with Gasteiger partial charge < -0.3 is 10.1 Å². The van der Waals surface area contributed by atoms with Crippen molar-refractivity contribution < 1.29 is 4.74 Å². The first-order chi connectivity index (χ1) is 10.2. The molecule has 0 amide bonds. The molecule has 0 aliphatic heterocycles. The molecule has 2 unspecified atom stereocenters. The Morgan fingerprint density at radius 3 is 2.52 bits per heavy atom. The second-order valence-electron chi connectivity index (χ2n) is 6.70. The second-order valence-corrected chi connectivity index (χ2v) is 6.70. The number of hydrogen-bond acceptors (Lipinski definition) is 2. The molecule has 0 heterocycles. The van der Waals surface area contributed by atoms with E-state index >= 15 is 0 Å². The van der Waals surface area contributed by atoms with E-state index in [1.54, 1.807) is 0 Å². The molecule has 1 saturated carbocycles. The maximum Gasteiger partial charge on any atom is 0.119 e. The average molecular weight is 289 g/mol. The molecule has 1 aliphatic rings. The van der Waals surface area contributed by atoms with Crippen molar-refractivity contribution in [2.45, 2.75) is 77.9 Å². The summed E-state index contributed by atoms with van der Waals surface area (Å²) in [6, 6.07) is 9.07. The van der Waals surface area contributed by atoms with Crippen LogP contribution >= 0.6 is 0 Å². The van der Waals surface area contributed by atoms with Crippen LogP contribution in [0.2, 0.25) is 0 Å². The van der Waals surface area contributed by atoms with Gasteiger partial charge in [0.15, 0.2) is 0 Å². The molecule has 0 radical (unpaired) electrons. The molecule has 2 heteroatoms. The molecule has 1 aromatic carbocycles. The van der Waals surface area contributed by atoms with Crippen molar-refractivity contribution in [2.75, 3.05) is 5.32 Å². The van der Waals surface area contributed by atoms with Gasteiger partial charge in [-0.3, -0.25) is 0 Å². The summed E-state index contributed by atoms with van der Waals surface area (Å²) < 4.78 is 5.69. The summed E-state index contributed by atoms with van der Waals surface area (Å²) in [5, 5.41) is 3.71. The Labute approximate surface area is 130 Å². The topological polar surface area (TPSA) is 21.3 Å². The molecule has 1 aliphatic carbocycles. The monoisotopic (exact) mass is 289 g/mol. The number of benzene rings is 1. The first-order valence-corrected chi connectivity index (χ1v) is 8.70. The molecule has 0 saturated heterocycles. The van der Waals surface area contributed by atoms with Gasteiger partial charge in [-0.15, -0.1) is 0 Å². The minimum absolute atomic E-state index is 0.237. The predicted molar refractivity (Wildman–Crippen MR) is 91.1 cm³/mol. The number of anilines is 1. The zero-order chi connectivity index (χ0) is 15.1. The Hall–Kier alpha value is -1.18. The van der Waals surface area contributed by atoms with Crippen LogP contribution < -0.4 is 10.1 Å². The van der Waals surface area contributed by atoms with Gasteiger partial charge in [0.25, 0.3) is 0 Å². The quantitative estimate of drug-likeness (QED) is 0.685. The number of rotatable bonds is 6. The Bertz CT molecular complexity index is 399. The molecule has 0 aromatic heterocycles. The van der Waals surface area contributed by atoms with Gasteiger partial charge in [-0.25, -0.2) is 0 Å². The molecule has 21 heavy (non-hydrogen) atoms. The van der Waals surface area contributed by atoms with Crippen molar-refractivity contribution in [3.63, 3.8) is 0 Å². The predicted octanol–water partition coefficient (Wildman–Crippen LogP) is 5.63. The van der Waals surface area contributed by atoms with Gasteiger partial charge in [0.05, 0.1) is 6.10 Å². The lowest BCUT2D eigenvalue weighted by molar-refractivity contribution is 0.242. The largest absolute Gasteiger partial charge is 0.491 e. The number of ether oxygens (including phenoxy) is 1. The van der Waals surface area contributed by atoms with Crippen molar-refractivity contribution in [2.24, 2.45) is 5.92 Å². The van der Waals surface area contributed by atoms with Gasteiger partial charge in [-0.05, 0) is 63.3 Å². The van der Waals surface area contributed by atoms with Crippen LogP contribution in [0.25, 0.3) is 0 Å². The highest BCUT2D eigenvalue weighted by atomic mass is 16.5. The lowest BCUT2D eigenvalue weighted by Gasteiger charge is -2.18. The molecule has 2 nitrogen and oxygen atoms in total. The maximum absolute atomic E-state index is 5.69. The summed E-state index contributed by atoms with van der Waals surface area (Å²) >= 11 is 0. The highest BCUT2D eigenvalue weighted by Gasteiger charge is 2.18. The van der Waals surface area contributed by atoms with E-state index < -0.39 is 0 Å². The van der Waals surface area contributed by atoms with E-state index in [2.05, 4.69) is 50.4 Å². The minimum Gasteiger partial charge on any atom is -0.491 e. The molecular weight excluding hydrogens is 258 g/mol. The summed E-state index contributed by atoms with van der Waals surface area (Å²) in [5.41, 5.74) is 1.23. The molecule has 2 atom stereocenters. The molecular formula is C19H31NO. The van der Waals surface area contributed by atoms with E-state index in [4.69, 9.17) is 4.74 Å². The molecule has 118 valence electrons. The van der Waals surface area contributed by atoms with Gasteiger partial charge in [0.2, 0.25) is 0 Å². The minimum atomic E-state index is 0.237. The van der Waals surface area contributed by atoms with Crippen LogP contribution in [-0.4, -0.2) is 12.1 Å². The fraction of sp³-hybridized carbons (Fsp3) is 0.684. The van der Waals surface area contributed by atoms with Crippen molar-refractivity contribution in [1.29, 1.82) is 0 Å². The molecule has 0 spiro atoms. The van der Waals surface area contributed by atoms with Crippen LogP contribution in [-0.2, 0) is 0 Å². The van der Waals surface area contributed by atoms with Crippen molar-refractivity contribution in [1.82, 2.24) is 0 Å². The van der Waals surface area contributed by atoms with E-state index in [0.29, 0.717) is 6.04 Å². The Kier molecular flexibility index (Phi) is 6.41. The Morgan fingerprint density at radius 1 is 1.10 bits per heavy atom. The maximum atomic E-state index is 5.69. The van der Waals surface area contributed by atoms with E-state index in [9.17, 15) is 0 Å². The van der Waals surface area contributed by atoms with Gasteiger partial charge >= 0.3 is 0 Å². The Balaban J connectivity index is 1.83. The van der Waals surface area contributed by atoms with Gasteiger partial charge in [-0.1, -0.05) is 32.6 Å². The van der Waals surface area contributed by atoms with E-state index in [0.717, 1.165) is 11.7 Å². The number of hydrogen-bond donors (Lipinski definition) is 1. The fourth-order valence-corrected chi connectivity index (χ4v) is 3.36. The molecule has 1 fully saturated rings. The highest BCUT2D eigenvalue weighted by Crippen LogP contribution is 2.28. The van der Waals surface area contributed by atoms with E-state index in [-0.39, 0.29) is 6.10 Å². The lowest BCUT2D eigenvalue weighted by Crippen LogP contribution is -2.18. The average Bonchev–Trinajstić information content (AvgIpc) is 2.67. The first-order valence-electron chi connectivity index (χ1n) is 8.70. The van der Waals surface area contributed by atoms with E-state index in [1.165, 1.54) is 50.6 Å². The van der Waals surface area contributed by atoms with Gasteiger partial charge in [0.1, 0.15) is 5.75 Å². The fourth-order valence-electron chi connectivity index (χ4n) is 3.36. The highest BCUT2D eigenvalue weighted by molar-refractivity contribution is 5.47. The Morgan fingerprint density at radius 2 is 1.86 bits per heavy atom. The van der Waals surface area contributed by atoms with Crippen LogP contribution in [0.5, 0.6) is 5.75 Å². The van der Waals surface area contributed by atoms with Crippen LogP contribution in [0, 0.1) is 5.92 Å². The second kappa shape index (κ2) is 8.31. The van der Waals surface area contributed by atoms with Gasteiger partial charge in [-0.2, -0.15) is 0 Å². The third-order valence-corrected chi connectivity index (χ3v) is 4.38. The summed E-state index contributed by atoms with van der Waals surface area (Å²) in [5.74, 6) is 1.92. The van der Waals surface area contributed by atoms with Crippen molar-refractivity contribution in [3.05, 3.63) is 24.3 Å². The SMILES string of the molecule is CCCC1CCCC(Nc2ccc(OC(C)C)cc2)CC1. The summed E-state index contributed by atoms with van der Waals surface area (Å²) in [6.07, 6.45) is 9.79. The molecule has 2 rings (SSSR count).